The fourth-order valence-electron chi connectivity index (χ4n) is 2.40. The number of amides is 2. The van der Waals surface area contributed by atoms with Crippen LogP contribution in [0.4, 0.5) is 8.78 Å². The summed E-state index contributed by atoms with van der Waals surface area (Å²) in [5.74, 6) is 3.69. The molecule has 7 nitrogen and oxygen atoms in total. The molecule has 0 radical (unpaired) electrons. The van der Waals surface area contributed by atoms with Crippen molar-refractivity contribution >= 4 is 18.1 Å². The normalized spacial score (nSPS) is 13.4. The van der Waals surface area contributed by atoms with E-state index in [1.54, 1.807) is 24.3 Å². The topological polar surface area (TPSA) is 122 Å². The van der Waals surface area contributed by atoms with Gasteiger partial charge in [0.1, 0.15) is 17.9 Å². The van der Waals surface area contributed by atoms with Gasteiger partial charge in [0.05, 0.1) is 0 Å². The van der Waals surface area contributed by atoms with Gasteiger partial charge in [-0.2, -0.15) is 0 Å². The van der Waals surface area contributed by atoms with Crippen LogP contribution in [0.3, 0.4) is 0 Å². The first kappa shape index (κ1) is 22.7. The van der Waals surface area contributed by atoms with E-state index in [2.05, 4.69) is 17.2 Å². The molecule has 5 N–H and O–H groups in total. The lowest BCUT2D eigenvalue weighted by molar-refractivity contribution is -0.134. The summed E-state index contributed by atoms with van der Waals surface area (Å²) in [6.45, 7) is 0.887. The molecule has 2 aromatic carbocycles. The third-order valence-electron chi connectivity index (χ3n) is 4.29. The number of hydrogen-bond donors (Lipinski definition) is 4. The average molecular weight is 415 g/mol. The summed E-state index contributed by atoms with van der Waals surface area (Å²) in [5.41, 5.74) is 6.16. The van der Waals surface area contributed by atoms with Gasteiger partial charge in [0.2, 0.25) is 0 Å². The Bertz CT molecular complexity index is 978. The number of hydrogen-bond acceptors (Lipinski definition) is 5. The monoisotopic (exact) mass is 415 g/mol. The van der Waals surface area contributed by atoms with Gasteiger partial charge in [0, 0.05) is 22.3 Å². The summed E-state index contributed by atoms with van der Waals surface area (Å²) < 4.78 is 26.3. The molecule has 2 rings (SSSR count). The van der Waals surface area contributed by atoms with Crippen LogP contribution in [-0.2, 0) is 4.79 Å². The van der Waals surface area contributed by atoms with E-state index in [-0.39, 0.29) is 5.56 Å². The van der Waals surface area contributed by atoms with Crippen LogP contribution in [-0.4, -0.2) is 41.3 Å². The predicted molar refractivity (Wildman–Crippen MR) is 104 cm³/mol. The van der Waals surface area contributed by atoms with Gasteiger partial charge in [0.25, 0.3) is 18.2 Å². The van der Waals surface area contributed by atoms with Gasteiger partial charge in [-0.05, 0) is 43.3 Å². The summed E-state index contributed by atoms with van der Waals surface area (Å²) in [6, 6.07) is 10.7. The number of alkyl halides is 2. The number of rotatable bonds is 6. The Hall–Kier alpha value is -3.61. The highest BCUT2D eigenvalue weighted by Gasteiger charge is 2.44. The average Bonchev–Trinajstić information content (AvgIpc) is 2.75. The van der Waals surface area contributed by atoms with E-state index in [0.29, 0.717) is 16.7 Å². The summed E-state index contributed by atoms with van der Waals surface area (Å²) in [7, 11) is 0. The molecular formula is C21H19F2N3O4. The molecule has 0 bridgehead atoms. The zero-order chi connectivity index (χ0) is 22.3. The van der Waals surface area contributed by atoms with E-state index in [1.165, 1.54) is 29.7 Å². The Labute approximate surface area is 171 Å². The molecule has 0 aliphatic carbocycles. The van der Waals surface area contributed by atoms with Crippen molar-refractivity contribution in [2.24, 2.45) is 5.73 Å². The van der Waals surface area contributed by atoms with E-state index in [1.807, 2.05) is 0 Å². The molecule has 0 aromatic heterocycles. The van der Waals surface area contributed by atoms with Crippen LogP contribution in [0.15, 0.2) is 48.5 Å². The zero-order valence-corrected chi connectivity index (χ0v) is 15.9. The standard InChI is InChI=1S/C21H19F2N3O4/c1-21(24,20(22)23)17(19(29)26-30)25-18(28)16-10-8-14(9-11-16)3-2-13-4-6-15(12-27)7-5-13/h4-12,17,20,30H,24H2,1H3,(H,25,28)(H,26,29)/t17-,21?/m1/s1. The lowest BCUT2D eigenvalue weighted by Gasteiger charge is -2.32. The first-order chi connectivity index (χ1) is 14.2. The lowest BCUT2D eigenvalue weighted by atomic mass is 9.92. The highest BCUT2D eigenvalue weighted by atomic mass is 19.3. The maximum atomic E-state index is 13.2. The molecule has 0 saturated carbocycles. The van der Waals surface area contributed by atoms with Gasteiger partial charge in [-0.15, -0.1) is 0 Å². The number of carbonyl (C=O) groups excluding carboxylic acids is 3. The fourth-order valence-corrected chi connectivity index (χ4v) is 2.40. The molecule has 2 aromatic rings. The van der Waals surface area contributed by atoms with Crippen LogP contribution in [0, 0.1) is 11.8 Å². The Kier molecular flexibility index (Phi) is 7.36. The van der Waals surface area contributed by atoms with Crippen molar-refractivity contribution in [3.63, 3.8) is 0 Å². The summed E-state index contributed by atoms with van der Waals surface area (Å²) in [4.78, 5) is 34.7. The number of carbonyl (C=O) groups is 3. The van der Waals surface area contributed by atoms with Crippen LogP contribution < -0.4 is 16.5 Å². The van der Waals surface area contributed by atoms with E-state index >= 15 is 0 Å². The molecule has 1 unspecified atom stereocenters. The van der Waals surface area contributed by atoms with E-state index in [4.69, 9.17) is 10.9 Å². The molecule has 0 aliphatic heterocycles. The molecule has 0 heterocycles. The number of nitrogens with one attached hydrogen (secondary N) is 2. The van der Waals surface area contributed by atoms with Gasteiger partial charge in [-0.3, -0.25) is 19.6 Å². The number of halogens is 2. The predicted octanol–water partition coefficient (Wildman–Crippen LogP) is 1.49. The molecule has 30 heavy (non-hydrogen) atoms. The first-order valence-electron chi connectivity index (χ1n) is 8.68. The Morgan fingerprint density at radius 2 is 1.57 bits per heavy atom. The Balaban J connectivity index is 2.14. The lowest BCUT2D eigenvalue weighted by Crippen LogP contribution is -2.66. The zero-order valence-electron chi connectivity index (χ0n) is 15.9. The van der Waals surface area contributed by atoms with E-state index in [9.17, 15) is 23.2 Å². The molecule has 0 saturated heterocycles. The molecule has 2 amide bonds. The number of nitrogens with two attached hydrogens (primary N) is 1. The van der Waals surface area contributed by atoms with Crippen LogP contribution in [0.5, 0.6) is 0 Å². The van der Waals surface area contributed by atoms with Crippen LogP contribution in [0.2, 0.25) is 0 Å². The van der Waals surface area contributed by atoms with E-state index in [0.717, 1.165) is 13.2 Å². The second-order valence-electron chi connectivity index (χ2n) is 6.62. The molecule has 0 spiro atoms. The van der Waals surface area contributed by atoms with Crippen molar-refractivity contribution in [1.82, 2.24) is 10.8 Å². The van der Waals surface area contributed by atoms with Crippen molar-refractivity contribution in [3.8, 4) is 11.8 Å². The maximum Gasteiger partial charge on any atom is 0.268 e. The van der Waals surface area contributed by atoms with Gasteiger partial charge in [-0.25, -0.2) is 14.3 Å². The minimum absolute atomic E-state index is 0.0803. The minimum atomic E-state index is -3.14. The van der Waals surface area contributed by atoms with Gasteiger partial charge < -0.3 is 11.1 Å². The molecule has 2 atom stereocenters. The van der Waals surface area contributed by atoms with Gasteiger partial charge in [0.15, 0.2) is 0 Å². The second kappa shape index (κ2) is 9.73. The smallest absolute Gasteiger partial charge is 0.268 e. The minimum Gasteiger partial charge on any atom is -0.338 e. The second-order valence-corrected chi connectivity index (χ2v) is 6.62. The molecule has 156 valence electrons. The maximum absolute atomic E-state index is 13.2. The van der Waals surface area contributed by atoms with Crippen molar-refractivity contribution in [3.05, 3.63) is 70.8 Å². The van der Waals surface area contributed by atoms with Gasteiger partial charge in [-0.1, -0.05) is 24.0 Å². The summed E-state index contributed by atoms with van der Waals surface area (Å²) in [6.07, 6.45) is -2.41. The number of benzene rings is 2. The molecule has 9 heteroatoms. The quantitative estimate of drug-likeness (QED) is 0.247. The number of hydroxylamine groups is 1. The number of aldehydes is 1. The van der Waals surface area contributed by atoms with Crippen LogP contribution in [0.25, 0.3) is 0 Å². The van der Waals surface area contributed by atoms with Crippen molar-refractivity contribution in [2.45, 2.75) is 24.9 Å². The molecular weight excluding hydrogens is 396 g/mol. The fraction of sp³-hybridized carbons (Fsp3) is 0.190. The van der Waals surface area contributed by atoms with Gasteiger partial charge >= 0.3 is 0 Å². The molecule has 0 aliphatic rings. The Morgan fingerprint density at radius 3 is 2.00 bits per heavy atom. The van der Waals surface area contributed by atoms with Crippen LogP contribution >= 0.6 is 0 Å². The Morgan fingerprint density at radius 1 is 1.07 bits per heavy atom. The highest BCUT2D eigenvalue weighted by molar-refractivity contribution is 5.98. The third-order valence-corrected chi connectivity index (χ3v) is 4.29. The highest BCUT2D eigenvalue weighted by Crippen LogP contribution is 2.18. The van der Waals surface area contributed by atoms with Crippen molar-refractivity contribution in [2.75, 3.05) is 0 Å². The van der Waals surface area contributed by atoms with Crippen LogP contribution in [0.1, 0.15) is 38.8 Å². The third kappa shape index (κ3) is 5.47. The summed E-state index contributed by atoms with van der Waals surface area (Å²) in [5, 5.41) is 10.9. The van der Waals surface area contributed by atoms with E-state index < -0.39 is 29.8 Å². The summed E-state index contributed by atoms with van der Waals surface area (Å²) >= 11 is 0. The molecule has 0 fully saturated rings. The van der Waals surface area contributed by atoms with Crippen molar-refractivity contribution in [1.29, 1.82) is 0 Å². The van der Waals surface area contributed by atoms with Crippen molar-refractivity contribution < 1.29 is 28.4 Å². The largest absolute Gasteiger partial charge is 0.338 e. The first-order valence-corrected chi connectivity index (χ1v) is 8.68. The SMILES string of the molecule is CC(N)(C(F)F)[C@H](NC(=O)c1ccc(C#Cc2ccc(C=O)cc2)cc1)C(=O)NO.